The van der Waals surface area contributed by atoms with Crippen LogP contribution in [0.25, 0.3) is 6.08 Å². The molecule has 2 rings (SSSR count). The van der Waals surface area contributed by atoms with Gasteiger partial charge in [-0.05, 0) is 36.4 Å². The molecule has 0 aliphatic carbocycles. The largest absolute Gasteiger partial charge is 0.493 e. The number of hydrogen-bond acceptors (Lipinski definition) is 5. The van der Waals surface area contributed by atoms with Crippen molar-refractivity contribution < 1.29 is 23.5 Å². The molecule has 0 atom stereocenters. The first-order valence-electron chi connectivity index (χ1n) is 6.68. The third-order valence-electron chi connectivity index (χ3n) is 2.89. The molecule has 2 N–H and O–H groups in total. The third-order valence-corrected chi connectivity index (χ3v) is 2.89. The van der Waals surface area contributed by atoms with Crippen molar-refractivity contribution in [2.45, 2.75) is 0 Å². The quantitative estimate of drug-likeness (QED) is 0.648. The molecule has 0 aliphatic rings. The highest BCUT2D eigenvalue weighted by molar-refractivity contribution is 5.98. The minimum Gasteiger partial charge on any atom is -0.493 e. The van der Waals surface area contributed by atoms with Gasteiger partial charge in [0.1, 0.15) is 5.76 Å². The lowest BCUT2D eigenvalue weighted by Gasteiger charge is -2.10. The molecule has 0 radical (unpaired) electrons. The third kappa shape index (κ3) is 4.37. The lowest BCUT2D eigenvalue weighted by molar-refractivity contribution is -0.117. The summed E-state index contributed by atoms with van der Waals surface area (Å²) in [5.74, 6) is 0.492. The molecular weight excluding hydrogens is 300 g/mol. The summed E-state index contributed by atoms with van der Waals surface area (Å²) in [6.07, 6.45) is 4.22. The topological polar surface area (TPSA) is 89.8 Å². The van der Waals surface area contributed by atoms with Gasteiger partial charge in [0.05, 0.1) is 20.5 Å². The van der Waals surface area contributed by atoms with Crippen LogP contribution in [-0.2, 0) is 4.79 Å². The number of methoxy groups -OCH3 is 2. The zero-order valence-corrected chi connectivity index (χ0v) is 12.7. The Morgan fingerprint density at radius 1 is 1.09 bits per heavy atom. The van der Waals surface area contributed by atoms with Crippen molar-refractivity contribution in [3.05, 3.63) is 54.0 Å². The van der Waals surface area contributed by atoms with Crippen molar-refractivity contribution in [1.29, 1.82) is 0 Å². The van der Waals surface area contributed by atoms with Crippen LogP contribution < -0.4 is 20.3 Å². The van der Waals surface area contributed by atoms with Crippen LogP contribution in [0.5, 0.6) is 11.5 Å². The van der Waals surface area contributed by atoms with E-state index in [0.29, 0.717) is 22.8 Å². The van der Waals surface area contributed by atoms with Gasteiger partial charge in [-0.15, -0.1) is 0 Å². The predicted molar refractivity (Wildman–Crippen MR) is 82.9 cm³/mol. The van der Waals surface area contributed by atoms with Gasteiger partial charge in [0.15, 0.2) is 11.5 Å². The smallest absolute Gasteiger partial charge is 0.269 e. The van der Waals surface area contributed by atoms with E-state index in [-0.39, 0.29) is 0 Å². The summed E-state index contributed by atoms with van der Waals surface area (Å²) in [6.45, 7) is 0. The van der Waals surface area contributed by atoms with Crippen LogP contribution in [0.15, 0.2) is 47.1 Å². The number of carbonyl (C=O) groups excluding carboxylic acids is 2. The summed E-state index contributed by atoms with van der Waals surface area (Å²) in [5, 5.41) is 0. The van der Waals surface area contributed by atoms with Gasteiger partial charge < -0.3 is 13.9 Å². The number of amides is 2. The molecule has 1 aromatic heterocycles. The highest BCUT2D eigenvalue weighted by Gasteiger charge is 2.10. The van der Waals surface area contributed by atoms with E-state index < -0.39 is 11.8 Å². The fraction of sp³-hybridized carbons (Fsp3) is 0.125. The first kappa shape index (κ1) is 16.2. The number of nitrogens with one attached hydrogen (secondary N) is 2. The highest BCUT2D eigenvalue weighted by atomic mass is 16.5. The number of benzene rings is 1. The average Bonchev–Trinajstić information content (AvgIpc) is 3.10. The second-order valence-electron chi connectivity index (χ2n) is 4.36. The van der Waals surface area contributed by atoms with E-state index in [9.17, 15) is 9.59 Å². The molecule has 0 unspecified atom stereocenters. The van der Waals surface area contributed by atoms with Crippen LogP contribution in [0, 0.1) is 0 Å². The predicted octanol–water partition coefficient (Wildman–Crippen LogP) is 1.77. The number of furan rings is 1. The molecule has 0 spiro atoms. The minimum atomic E-state index is -0.491. The molecule has 0 saturated carbocycles. The van der Waals surface area contributed by atoms with Crippen molar-refractivity contribution in [3.8, 4) is 11.5 Å². The summed E-state index contributed by atoms with van der Waals surface area (Å²) < 4.78 is 15.3. The number of rotatable bonds is 5. The maximum Gasteiger partial charge on any atom is 0.269 e. The first-order chi connectivity index (χ1) is 11.1. The molecular formula is C16H16N2O5. The Morgan fingerprint density at radius 3 is 2.52 bits per heavy atom. The summed E-state index contributed by atoms with van der Waals surface area (Å²) in [5.41, 5.74) is 4.89. The number of hydrogen-bond donors (Lipinski definition) is 2. The molecule has 120 valence electrons. The van der Waals surface area contributed by atoms with Crippen LogP contribution >= 0.6 is 0 Å². The van der Waals surface area contributed by atoms with Crippen LogP contribution in [0.4, 0.5) is 0 Å². The zero-order chi connectivity index (χ0) is 16.7. The van der Waals surface area contributed by atoms with Crippen molar-refractivity contribution in [2.75, 3.05) is 14.2 Å². The van der Waals surface area contributed by atoms with Crippen molar-refractivity contribution in [2.24, 2.45) is 0 Å². The summed E-state index contributed by atoms with van der Waals surface area (Å²) in [4.78, 5) is 23.6. The molecule has 0 fully saturated rings. The standard InChI is InChI=1S/C16H16N2O5/c1-21-13-7-5-11(10-14(13)22-2)16(20)18-17-15(19)8-6-12-4-3-9-23-12/h3-10H,1-2H3,(H,17,19)(H,18,20)/b8-6+. The van der Waals surface area contributed by atoms with Crippen LogP contribution in [0.2, 0.25) is 0 Å². The second-order valence-corrected chi connectivity index (χ2v) is 4.36. The van der Waals surface area contributed by atoms with Gasteiger partial charge in [-0.1, -0.05) is 0 Å². The average molecular weight is 316 g/mol. The molecule has 23 heavy (non-hydrogen) atoms. The first-order valence-corrected chi connectivity index (χ1v) is 6.68. The van der Waals surface area contributed by atoms with Gasteiger partial charge in [-0.3, -0.25) is 20.4 Å². The molecule has 2 aromatic rings. The maximum atomic E-state index is 12.0. The summed E-state index contributed by atoms with van der Waals surface area (Å²) in [6, 6.07) is 8.08. The Balaban J connectivity index is 1.93. The number of ether oxygens (including phenoxy) is 2. The summed E-state index contributed by atoms with van der Waals surface area (Å²) in [7, 11) is 2.98. The van der Waals surface area contributed by atoms with Gasteiger partial charge in [0.2, 0.25) is 0 Å². The van der Waals surface area contributed by atoms with Crippen molar-refractivity contribution in [3.63, 3.8) is 0 Å². The van der Waals surface area contributed by atoms with Gasteiger partial charge in [-0.2, -0.15) is 0 Å². The lowest BCUT2D eigenvalue weighted by atomic mass is 10.2. The van der Waals surface area contributed by atoms with E-state index in [4.69, 9.17) is 13.9 Å². The van der Waals surface area contributed by atoms with Crippen LogP contribution in [0.3, 0.4) is 0 Å². The molecule has 7 nitrogen and oxygen atoms in total. The van der Waals surface area contributed by atoms with Gasteiger partial charge in [0.25, 0.3) is 11.8 Å². The molecule has 1 heterocycles. The number of carbonyl (C=O) groups is 2. The Hall–Kier alpha value is -3.22. The zero-order valence-electron chi connectivity index (χ0n) is 12.7. The maximum absolute atomic E-state index is 12.0. The Morgan fingerprint density at radius 2 is 1.87 bits per heavy atom. The second kappa shape index (κ2) is 7.69. The van der Waals surface area contributed by atoms with Gasteiger partial charge in [-0.25, -0.2) is 0 Å². The van der Waals surface area contributed by atoms with Crippen LogP contribution in [0.1, 0.15) is 16.1 Å². The molecule has 1 aromatic carbocycles. The van der Waals surface area contributed by atoms with E-state index in [2.05, 4.69) is 10.9 Å². The molecule has 0 bridgehead atoms. The highest BCUT2D eigenvalue weighted by Crippen LogP contribution is 2.27. The molecule has 0 saturated heterocycles. The Bertz CT molecular complexity index is 707. The van der Waals surface area contributed by atoms with Crippen molar-refractivity contribution in [1.82, 2.24) is 10.9 Å². The normalized spacial score (nSPS) is 10.3. The van der Waals surface area contributed by atoms with Gasteiger partial charge in [0, 0.05) is 11.6 Å². The van der Waals surface area contributed by atoms with E-state index in [1.54, 1.807) is 24.3 Å². The number of hydrazine groups is 1. The molecule has 0 aliphatic heterocycles. The van der Waals surface area contributed by atoms with E-state index >= 15 is 0 Å². The Labute approximate surface area is 132 Å². The molecule has 7 heteroatoms. The fourth-order valence-corrected chi connectivity index (χ4v) is 1.75. The summed E-state index contributed by atoms with van der Waals surface area (Å²) >= 11 is 0. The Kier molecular flexibility index (Phi) is 5.40. The molecule has 2 amide bonds. The van der Waals surface area contributed by atoms with Gasteiger partial charge >= 0.3 is 0 Å². The van der Waals surface area contributed by atoms with E-state index in [1.807, 2.05) is 0 Å². The fourth-order valence-electron chi connectivity index (χ4n) is 1.75. The monoisotopic (exact) mass is 316 g/mol. The lowest BCUT2D eigenvalue weighted by Crippen LogP contribution is -2.40. The van der Waals surface area contributed by atoms with Crippen molar-refractivity contribution >= 4 is 17.9 Å². The SMILES string of the molecule is COc1ccc(C(=O)NNC(=O)/C=C/c2ccco2)cc1OC. The van der Waals surface area contributed by atoms with E-state index in [1.165, 1.54) is 38.7 Å². The minimum absolute atomic E-state index is 0.318. The van der Waals surface area contributed by atoms with Crippen LogP contribution in [-0.4, -0.2) is 26.0 Å². The van der Waals surface area contributed by atoms with E-state index in [0.717, 1.165) is 0 Å².